The molecule has 0 spiro atoms. The molecule has 2 unspecified atom stereocenters. The number of hydrogen-bond acceptors (Lipinski definition) is 2. The van der Waals surface area contributed by atoms with Gasteiger partial charge in [-0.1, -0.05) is 32.9 Å². The molecule has 1 aromatic rings. The molecule has 1 aliphatic heterocycles. The summed E-state index contributed by atoms with van der Waals surface area (Å²) in [6.45, 7) is 7.87. The fraction of sp³-hybridized carbons (Fsp3) is 0.619. The van der Waals surface area contributed by atoms with Crippen LogP contribution in [0.3, 0.4) is 0 Å². The van der Waals surface area contributed by atoms with E-state index in [0.717, 1.165) is 43.4 Å². The molecule has 0 aromatic heterocycles. The zero-order chi connectivity index (χ0) is 17.2. The number of fused-ring (bicyclic) bond motifs is 2. The minimum Gasteiger partial charge on any atom is -0.335 e. The van der Waals surface area contributed by atoms with E-state index in [9.17, 15) is 10.1 Å². The molecule has 4 rings (SSSR count). The molecular weight excluding hydrogens is 296 g/mol. The molecule has 2 saturated carbocycles. The summed E-state index contributed by atoms with van der Waals surface area (Å²) in [6.07, 6.45) is 5.32. The van der Waals surface area contributed by atoms with E-state index < -0.39 is 0 Å². The Labute approximate surface area is 144 Å². The van der Waals surface area contributed by atoms with E-state index in [0.29, 0.717) is 11.5 Å². The highest BCUT2D eigenvalue weighted by Crippen LogP contribution is 2.53. The van der Waals surface area contributed by atoms with Crippen LogP contribution < -0.4 is 0 Å². The van der Waals surface area contributed by atoms with E-state index in [4.69, 9.17) is 0 Å². The van der Waals surface area contributed by atoms with Gasteiger partial charge in [-0.25, -0.2) is 0 Å². The Bertz CT molecular complexity index is 723. The van der Waals surface area contributed by atoms with Gasteiger partial charge in [-0.2, -0.15) is 5.26 Å². The highest BCUT2D eigenvalue weighted by molar-refractivity contribution is 5.94. The predicted octanol–water partition coefficient (Wildman–Crippen LogP) is 4.28. The number of carbonyl (C=O) groups is 1. The molecule has 2 atom stereocenters. The highest BCUT2D eigenvalue weighted by Gasteiger charge is 2.51. The van der Waals surface area contributed by atoms with Crippen molar-refractivity contribution < 1.29 is 4.79 Å². The first kappa shape index (κ1) is 15.7. The molecular formula is C21H26N2O. The van der Waals surface area contributed by atoms with Crippen LogP contribution in [-0.4, -0.2) is 23.4 Å². The topological polar surface area (TPSA) is 44.1 Å². The molecule has 0 radical (unpaired) electrons. The number of nitrogens with zero attached hydrogens (tertiary/aromatic N) is 2. The summed E-state index contributed by atoms with van der Waals surface area (Å²) in [5.41, 5.74) is 2.14. The fourth-order valence-electron chi connectivity index (χ4n) is 5.39. The van der Waals surface area contributed by atoms with Gasteiger partial charge in [0.25, 0.3) is 5.91 Å². The van der Waals surface area contributed by atoms with Crippen LogP contribution in [0, 0.1) is 22.2 Å². The quantitative estimate of drug-likeness (QED) is 0.815. The largest absolute Gasteiger partial charge is 0.335 e. The van der Waals surface area contributed by atoms with Crippen molar-refractivity contribution in [3.8, 4) is 6.07 Å². The van der Waals surface area contributed by atoms with Crippen molar-refractivity contribution in [3.05, 3.63) is 35.4 Å². The van der Waals surface area contributed by atoms with Crippen molar-refractivity contribution in [2.75, 3.05) is 6.54 Å². The second kappa shape index (κ2) is 4.85. The molecule has 2 aliphatic carbocycles. The van der Waals surface area contributed by atoms with E-state index in [1.165, 1.54) is 6.42 Å². The van der Waals surface area contributed by atoms with E-state index in [1.54, 1.807) is 0 Å². The second-order valence-electron chi connectivity index (χ2n) is 9.42. The Balaban J connectivity index is 1.56. The lowest BCUT2D eigenvalue weighted by molar-refractivity contribution is 0.0708. The Kier molecular flexibility index (Phi) is 3.17. The summed E-state index contributed by atoms with van der Waals surface area (Å²) < 4.78 is 0. The highest BCUT2D eigenvalue weighted by atomic mass is 16.2. The number of likely N-dealkylation sites (tertiary alicyclic amines) is 1. The van der Waals surface area contributed by atoms with Gasteiger partial charge in [-0.15, -0.1) is 0 Å². The summed E-state index contributed by atoms with van der Waals surface area (Å²) in [5, 5.41) is 9.32. The van der Waals surface area contributed by atoms with Crippen LogP contribution in [0.15, 0.2) is 24.3 Å². The molecule has 1 amide bonds. The van der Waals surface area contributed by atoms with E-state index in [2.05, 4.69) is 31.7 Å². The molecule has 1 saturated heterocycles. The minimum absolute atomic E-state index is 0.162. The van der Waals surface area contributed by atoms with E-state index in [-0.39, 0.29) is 16.7 Å². The first-order valence-electron chi connectivity index (χ1n) is 9.09. The Morgan fingerprint density at radius 3 is 2.42 bits per heavy atom. The van der Waals surface area contributed by atoms with Crippen molar-refractivity contribution >= 4 is 5.91 Å². The van der Waals surface area contributed by atoms with Crippen molar-refractivity contribution in [1.82, 2.24) is 4.90 Å². The molecule has 0 N–H and O–H groups in total. The van der Waals surface area contributed by atoms with Crippen LogP contribution in [0.2, 0.25) is 0 Å². The molecule has 1 aromatic carbocycles. The minimum atomic E-state index is -0.275. The van der Waals surface area contributed by atoms with Crippen molar-refractivity contribution in [3.63, 3.8) is 0 Å². The van der Waals surface area contributed by atoms with Crippen molar-refractivity contribution in [1.29, 1.82) is 5.26 Å². The Hall–Kier alpha value is -1.82. The SMILES string of the molecule is CC1(C)CC2CC(C)(CN2C(=O)c2ccc(C3(C#N)CC3)cc2)C1. The third-order valence-electron chi connectivity index (χ3n) is 6.32. The number of amides is 1. The number of carbonyl (C=O) groups excluding carboxylic acids is 1. The average Bonchev–Trinajstić information content (AvgIpc) is 3.27. The zero-order valence-electron chi connectivity index (χ0n) is 14.9. The van der Waals surface area contributed by atoms with Gasteiger partial charge < -0.3 is 4.90 Å². The lowest BCUT2D eigenvalue weighted by Gasteiger charge is -2.39. The summed E-state index contributed by atoms with van der Waals surface area (Å²) in [5.74, 6) is 0.162. The van der Waals surface area contributed by atoms with Gasteiger partial charge in [-0.3, -0.25) is 4.79 Å². The van der Waals surface area contributed by atoms with Crippen LogP contribution in [0.5, 0.6) is 0 Å². The number of hydrogen-bond donors (Lipinski definition) is 0. The Morgan fingerprint density at radius 1 is 1.17 bits per heavy atom. The third kappa shape index (κ3) is 2.44. The van der Waals surface area contributed by atoms with Crippen LogP contribution >= 0.6 is 0 Å². The first-order chi connectivity index (χ1) is 11.3. The van der Waals surface area contributed by atoms with Gasteiger partial charge in [0.05, 0.1) is 11.5 Å². The molecule has 1 heterocycles. The smallest absolute Gasteiger partial charge is 0.254 e. The monoisotopic (exact) mass is 322 g/mol. The summed E-state index contributed by atoms with van der Waals surface area (Å²) >= 11 is 0. The molecule has 3 heteroatoms. The maximum absolute atomic E-state index is 13.0. The van der Waals surface area contributed by atoms with Gasteiger partial charge >= 0.3 is 0 Å². The van der Waals surface area contributed by atoms with Crippen molar-refractivity contribution in [2.24, 2.45) is 10.8 Å². The van der Waals surface area contributed by atoms with Gasteiger partial charge in [-0.05, 0) is 60.6 Å². The molecule has 24 heavy (non-hydrogen) atoms. The van der Waals surface area contributed by atoms with Gasteiger partial charge in [0, 0.05) is 18.2 Å². The number of benzene rings is 1. The second-order valence-corrected chi connectivity index (χ2v) is 9.42. The molecule has 126 valence electrons. The number of nitriles is 1. The molecule has 3 aliphatic rings. The van der Waals surface area contributed by atoms with Gasteiger partial charge in [0.15, 0.2) is 0 Å². The predicted molar refractivity (Wildman–Crippen MR) is 93.5 cm³/mol. The van der Waals surface area contributed by atoms with Gasteiger partial charge in [0.2, 0.25) is 0 Å². The average molecular weight is 322 g/mol. The van der Waals surface area contributed by atoms with Crippen molar-refractivity contribution in [2.45, 2.75) is 64.3 Å². The Morgan fingerprint density at radius 2 is 1.83 bits per heavy atom. The maximum atomic E-state index is 13.0. The first-order valence-corrected chi connectivity index (χ1v) is 9.09. The summed E-state index contributed by atoms with van der Waals surface area (Å²) in [4.78, 5) is 15.2. The van der Waals surface area contributed by atoms with Crippen LogP contribution in [0.4, 0.5) is 0 Å². The van der Waals surface area contributed by atoms with Crippen LogP contribution in [0.25, 0.3) is 0 Å². The summed E-state index contributed by atoms with van der Waals surface area (Å²) in [7, 11) is 0. The molecule has 2 bridgehead atoms. The standard InChI is InChI=1S/C21H26N2O/c1-19(2)10-17-11-20(3,12-19)14-23(17)18(24)15-4-6-16(7-5-15)21(13-22)8-9-21/h4-7,17H,8-12,14H2,1-3H3. The van der Waals surface area contributed by atoms with E-state index in [1.807, 2.05) is 24.3 Å². The lowest BCUT2D eigenvalue weighted by atomic mass is 9.65. The lowest BCUT2D eigenvalue weighted by Crippen LogP contribution is -2.37. The number of rotatable bonds is 2. The fourth-order valence-corrected chi connectivity index (χ4v) is 5.39. The van der Waals surface area contributed by atoms with Crippen LogP contribution in [0.1, 0.15) is 68.8 Å². The van der Waals surface area contributed by atoms with Crippen LogP contribution in [-0.2, 0) is 5.41 Å². The normalized spacial score (nSPS) is 32.2. The molecule has 3 nitrogen and oxygen atoms in total. The summed E-state index contributed by atoms with van der Waals surface area (Å²) in [6, 6.07) is 10.6. The van der Waals surface area contributed by atoms with Gasteiger partial charge in [0.1, 0.15) is 0 Å². The van der Waals surface area contributed by atoms with E-state index >= 15 is 0 Å². The maximum Gasteiger partial charge on any atom is 0.254 e. The zero-order valence-corrected chi connectivity index (χ0v) is 14.9. The third-order valence-corrected chi connectivity index (χ3v) is 6.32. The molecule has 3 fully saturated rings.